The van der Waals surface area contributed by atoms with E-state index in [9.17, 15) is 9.59 Å². The van der Waals surface area contributed by atoms with Gasteiger partial charge >= 0.3 is 11.9 Å². The number of carbonyl (C=O) groups is 2. The van der Waals surface area contributed by atoms with Crippen LogP contribution < -0.4 is 11.0 Å². The minimum absolute atomic E-state index is 0.378. The molecule has 0 aromatic heterocycles. The van der Waals surface area contributed by atoms with E-state index in [2.05, 4.69) is 11.0 Å². The van der Waals surface area contributed by atoms with Crippen LogP contribution in [0.5, 0.6) is 0 Å². The van der Waals surface area contributed by atoms with E-state index in [4.69, 9.17) is 9.68 Å². The third kappa shape index (κ3) is 6.87. The highest BCUT2D eigenvalue weighted by molar-refractivity contribution is 5.91. The van der Waals surface area contributed by atoms with Gasteiger partial charge in [0.2, 0.25) is 0 Å². The molecular formula is C18H18N2O4. The summed E-state index contributed by atoms with van der Waals surface area (Å²) in [5.74, 6) is -1.38. The lowest BCUT2D eigenvalue weighted by Crippen LogP contribution is -2.20. The summed E-state index contributed by atoms with van der Waals surface area (Å²) in [6.45, 7) is 0.757. The molecule has 0 saturated carbocycles. The molecule has 0 heterocycles. The highest BCUT2D eigenvalue weighted by Gasteiger charge is 2.02. The zero-order valence-corrected chi connectivity index (χ0v) is 13.0. The molecule has 0 bridgehead atoms. The van der Waals surface area contributed by atoms with E-state index in [-0.39, 0.29) is 0 Å². The third-order valence-corrected chi connectivity index (χ3v) is 2.94. The van der Waals surface area contributed by atoms with Crippen LogP contribution in [0.4, 0.5) is 0 Å². The maximum atomic E-state index is 11.4. The van der Waals surface area contributed by atoms with Crippen molar-refractivity contribution in [3.05, 3.63) is 83.9 Å². The van der Waals surface area contributed by atoms with Crippen LogP contribution in [0.1, 0.15) is 11.1 Å². The van der Waals surface area contributed by atoms with E-state index in [1.54, 1.807) is 0 Å². The average Bonchev–Trinajstić information content (AvgIpc) is 2.62. The normalized spacial score (nSPS) is 10.5. The standard InChI is InChI=1S/C18H18N2O4/c21-17(23-19-13-15-7-3-1-4-8-15)11-12-18(22)24-20-14-16-9-5-2-6-10-16/h1-12,19-20H,13-14H2/b12-11+. The molecule has 0 spiro atoms. The minimum atomic E-state index is -0.689. The molecule has 0 atom stereocenters. The molecule has 124 valence electrons. The minimum Gasteiger partial charge on any atom is -0.367 e. The second kappa shape index (κ2) is 9.94. The Morgan fingerprint density at radius 2 is 1.08 bits per heavy atom. The molecule has 24 heavy (non-hydrogen) atoms. The zero-order chi connectivity index (χ0) is 17.0. The van der Waals surface area contributed by atoms with Crippen molar-refractivity contribution in [3.8, 4) is 0 Å². The maximum Gasteiger partial charge on any atom is 0.349 e. The summed E-state index contributed by atoms with van der Waals surface area (Å²) in [5, 5.41) is 0. The van der Waals surface area contributed by atoms with Gasteiger partial charge in [0.1, 0.15) is 0 Å². The van der Waals surface area contributed by atoms with Gasteiger partial charge < -0.3 is 9.68 Å². The second-order valence-electron chi connectivity index (χ2n) is 4.79. The van der Waals surface area contributed by atoms with E-state index in [1.807, 2.05) is 60.7 Å². The molecule has 6 nitrogen and oxygen atoms in total. The Hall–Kier alpha value is -2.96. The van der Waals surface area contributed by atoms with Gasteiger partial charge in [-0.2, -0.15) is 0 Å². The molecule has 2 N–H and O–H groups in total. The number of nitrogens with one attached hydrogen (secondary N) is 2. The van der Waals surface area contributed by atoms with Crippen LogP contribution in [0.15, 0.2) is 72.8 Å². The van der Waals surface area contributed by atoms with Crippen LogP contribution in [0.2, 0.25) is 0 Å². The lowest BCUT2D eigenvalue weighted by atomic mass is 10.2. The molecule has 0 aliphatic heterocycles. The van der Waals surface area contributed by atoms with Crippen molar-refractivity contribution in [2.24, 2.45) is 0 Å². The van der Waals surface area contributed by atoms with E-state index < -0.39 is 11.9 Å². The molecule has 0 unspecified atom stereocenters. The number of rotatable bonds is 8. The summed E-state index contributed by atoms with van der Waals surface area (Å²) < 4.78 is 0. The monoisotopic (exact) mass is 326 g/mol. The van der Waals surface area contributed by atoms with Gasteiger partial charge in [0.25, 0.3) is 0 Å². The van der Waals surface area contributed by atoms with Gasteiger partial charge in [0, 0.05) is 12.2 Å². The Labute approximate surface area is 140 Å². The molecule has 6 heteroatoms. The molecule has 0 radical (unpaired) electrons. The molecule has 2 aromatic rings. The molecule has 0 amide bonds. The fraction of sp³-hybridized carbons (Fsp3) is 0.111. The van der Waals surface area contributed by atoms with Gasteiger partial charge in [-0.15, -0.1) is 11.0 Å². The summed E-state index contributed by atoms with van der Waals surface area (Å²) >= 11 is 0. The fourth-order valence-electron chi connectivity index (χ4n) is 1.78. The summed E-state index contributed by atoms with van der Waals surface area (Å²) in [4.78, 5) is 32.4. The SMILES string of the molecule is O=C(/C=C/C(=O)ONCc1ccccc1)ONCc1ccccc1. The van der Waals surface area contributed by atoms with E-state index in [0.717, 1.165) is 23.3 Å². The Balaban J connectivity index is 1.61. The van der Waals surface area contributed by atoms with Crippen molar-refractivity contribution in [2.45, 2.75) is 13.1 Å². The highest BCUT2D eigenvalue weighted by atomic mass is 16.7. The van der Waals surface area contributed by atoms with Crippen LogP contribution >= 0.6 is 0 Å². The number of benzene rings is 2. The van der Waals surface area contributed by atoms with E-state index >= 15 is 0 Å². The maximum absolute atomic E-state index is 11.4. The molecule has 0 aliphatic carbocycles. The van der Waals surface area contributed by atoms with Crippen molar-refractivity contribution in [2.75, 3.05) is 0 Å². The first-order valence-electron chi connectivity index (χ1n) is 7.37. The van der Waals surface area contributed by atoms with Gasteiger partial charge in [0.15, 0.2) is 0 Å². The fourth-order valence-corrected chi connectivity index (χ4v) is 1.78. The lowest BCUT2D eigenvalue weighted by Gasteiger charge is -2.04. The predicted octanol–water partition coefficient (Wildman–Crippen LogP) is 2.04. The first-order valence-corrected chi connectivity index (χ1v) is 7.37. The first-order chi connectivity index (χ1) is 11.7. The van der Waals surface area contributed by atoms with Crippen molar-refractivity contribution in [1.82, 2.24) is 11.0 Å². The van der Waals surface area contributed by atoms with Crippen molar-refractivity contribution >= 4 is 11.9 Å². The van der Waals surface area contributed by atoms with Crippen LogP contribution in [0.25, 0.3) is 0 Å². The Kier molecular flexibility index (Phi) is 7.20. The molecule has 0 aliphatic rings. The number of hydrogen-bond donors (Lipinski definition) is 2. The van der Waals surface area contributed by atoms with Crippen LogP contribution in [-0.4, -0.2) is 11.9 Å². The van der Waals surface area contributed by atoms with Crippen LogP contribution in [0.3, 0.4) is 0 Å². The average molecular weight is 326 g/mol. The number of hydroxylamine groups is 2. The molecule has 2 rings (SSSR count). The molecule has 2 aromatic carbocycles. The van der Waals surface area contributed by atoms with Gasteiger partial charge in [-0.25, -0.2) is 9.59 Å². The number of hydrogen-bond acceptors (Lipinski definition) is 6. The summed E-state index contributed by atoms with van der Waals surface area (Å²) in [7, 11) is 0. The third-order valence-electron chi connectivity index (χ3n) is 2.94. The zero-order valence-electron chi connectivity index (χ0n) is 13.0. The summed E-state index contributed by atoms with van der Waals surface area (Å²) in [5.41, 5.74) is 6.98. The van der Waals surface area contributed by atoms with E-state index in [0.29, 0.717) is 13.1 Å². The van der Waals surface area contributed by atoms with Crippen LogP contribution in [-0.2, 0) is 32.4 Å². The predicted molar refractivity (Wildman–Crippen MR) is 87.9 cm³/mol. The van der Waals surface area contributed by atoms with Gasteiger partial charge in [-0.1, -0.05) is 60.7 Å². The largest absolute Gasteiger partial charge is 0.367 e. The topological polar surface area (TPSA) is 76.7 Å². The smallest absolute Gasteiger partial charge is 0.349 e. The number of carbonyl (C=O) groups excluding carboxylic acids is 2. The van der Waals surface area contributed by atoms with Crippen molar-refractivity contribution < 1.29 is 19.3 Å². The molecule has 0 fully saturated rings. The molecular weight excluding hydrogens is 308 g/mol. The highest BCUT2D eigenvalue weighted by Crippen LogP contribution is 1.98. The van der Waals surface area contributed by atoms with Gasteiger partial charge in [-0.3, -0.25) is 0 Å². The Morgan fingerprint density at radius 1 is 0.708 bits per heavy atom. The van der Waals surface area contributed by atoms with Crippen LogP contribution in [0, 0.1) is 0 Å². The Bertz CT molecular complexity index is 612. The van der Waals surface area contributed by atoms with Crippen molar-refractivity contribution in [3.63, 3.8) is 0 Å². The first kappa shape index (κ1) is 17.4. The van der Waals surface area contributed by atoms with Crippen molar-refractivity contribution in [1.29, 1.82) is 0 Å². The van der Waals surface area contributed by atoms with E-state index in [1.165, 1.54) is 0 Å². The van der Waals surface area contributed by atoms with Gasteiger partial charge in [0.05, 0.1) is 13.1 Å². The Morgan fingerprint density at radius 3 is 1.46 bits per heavy atom. The quantitative estimate of drug-likeness (QED) is 0.571. The molecule has 0 saturated heterocycles. The summed E-state index contributed by atoms with van der Waals surface area (Å²) in [6.07, 6.45) is 1.98. The summed E-state index contributed by atoms with van der Waals surface area (Å²) in [6, 6.07) is 18.9. The second-order valence-corrected chi connectivity index (χ2v) is 4.79. The lowest BCUT2D eigenvalue weighted by molar-refractivity contribution is -0.148. The van der Waals surface area contributed by atoms with Gasteiger partial charge in [-0.05, 0) is 11.1 Å².